The molecule has 4 aromatic rings. The summed E-state index contributed by atoms with van der Waals surface area (Å²) in [5, 5.41) is 15.3. The number of amides is 1. The molecule has 0 aliphatic carbocycles. The summed E-state index contributed by atoms with van der Waals surface area (Å²) in [5.74, 6) is -1.28. The van der Waals surface area contributed by atoms with Crippen LogP contribution in [-0.4, -0.2) is 31.5 Å². The van der Waals surface area contributed by atoms with Crippen molar-refractivity contribution in [3.05, 3.63) is 77.9 Å². The van der Waals surface area contributed by atoms with Crippen LogP contribution in [0.2, 0.25) is 0 Å². The molecule has 0 radical (unpaired) electrons. The average Bonchev–Trinajstić information content (AvgIpc) is 3.28. The van der Waals surface area contributed by atoms with Crippen molar-refractivity contribution < 1.29 is 18.0 Å². The molecule has 4 rings (SSSR count). The van der Waals surface area contributed by atoms with Crippen molar-refractivity contribution in [2.75, 3.05) is 5.32 Å². The number of carbonyl (C=O) groups is 1. The number of benzene rings is 2. The molecule has 0 bridgehead atoms. The van der Waals surface area contributed by atoms with Gasteiger partial charge in [0, 0.05) is 11.1 Å². The molecule has 0 unspecified atom stereocenters. The van der Waals surface area contributed by atoms with Crippen LogP contribution in [-0.2, 0) is 6.18 Å². The van der Waals surface area contributed by atoms with Crippen LogP contribution < -0.4 is 5.32 Å². The smallest absolute Gasteiger partial charge is 0.306 e. The lowest BCUT2D eigenvalue weighted by Crippen LogP contribution is -2.17. The summed E-state index contributed by atoms with van der Waals surface area (Å²) in [6, 6.07) is 17.3. The molecule has 0 saturated heterocycles. The molecule has 1 amide bonds. The normalized spacial score (nSPS) is 11.3. The van der Waals surface area contributed by atoms with Crippen molar-refractivity contribution in [3.63, 3.8) is 0 Å². The number of aromatic nitrogens is 5. The van der Waals surface area contributed by atoms with Gasteiger partial charge >= 0.3 is 6.18 Å². The van der Waals surface area contributed by atoms with Crippen LogP contribution in [0.15, 0.2) is 66.7 Å². The standard InChI is InChI=1S/C20H13F3N6O/c21-20(22,23)14-11-15(12-7-3-1-4-8-12)24-17(16(14)18-26-28-29-27-18)25-19(30)13-9-5-2-6-10-13/h1-11H,(H,24,25,30)(H,26,27,28,29). The van der Waals surface area contributed by atoms with Gasteiger partial charge in [0.25, 0.3) is 5.91 Å². The summed E-state index contributed by atoms with van der Waals surface area (Å²) < 4.78 is 41.8. The molecule has 0 spiro atoms. The number of H-pyrrole nitrogens is 1. The topological polar surface area (TPSA) is 96.5 Å². The second-order valence-electron chi connectivity index (χ2n) is 6.20. The predicted octanol–water partition coefficient (Wildman–Crippen LogP) is 4.20. The Morgan fingerprint density at radius 3 is 2.23 bits per heavy atom. The number of nitrogens with zero attached hydrogens (tertiary/aromatic N) is 4. The number of nitrogens with one attached hydrogen (secondary N) is 2. The first-order valence-corrected chi connectivity index (χ1v) is 8.71. The van der Waals surface area contributed by atoms with Gasteiger partial charge in [-0.3, -0.25) is 4.79 Å². The Bertz CT molecular complexity index is 1160. The maximum absolute atomic E-state index is 13.9. The van der Waals surface area contributed by atoms with Crippen LogP contribution in [0.4, 0.5) is 19.0 Å². The number of hydrogen-bond donors (Lipinski definition) is 2. The van der Waals surface area contributed by atoms with Crippen LogP contribution >= 0.6 is 0 Å². The molecular weight excluding hydrogens is 397 g/mol. The van der Waals surface area contributed by atoms with Crippen LogP contribution in [0.1, 0.15) is 15.9 Å². The summed E-state index contributed by atoms with van der Waals surface area (Å²) in [7, 11) is 0. The average molecular weight is 410 g/mol. The minimum absolute atomic E-state index is 0.0403. The van der Waals surface area contributed by atoms with Crippen molar-refractivity contribution in [1.82, 2.24) is 25.6 Å². The van der Waals surface area contributed by atoms with Crippen molar-refractivity contribution in [1.29, 1.82) is 0 Å². The molecule has 30 heavy (non-hydrogen) atoms. The number of hydrogen-bond acceptors (Lipinski definition) is 5. The summed E-state index contributed by atoms with van der Waals surface area (Å²) in [4.78, 5) is 16.9. The summed E-state index contributed by atoms with van der Waals surface area (Å²) >= 11 is 0. The fraction of sp³-hybridized carbons (Fsp3) is 0.0500. The van der Waals surface area contributed by atoms with Gasteiger partial charge in [0.15, 0.2) is 0 Å². The molecule has 2 heterocycles. The molecule has 2 N–H and O–H groups in total. The van der Waals surface area contributed by atoms with Gasteiger partial charge in [-0.05, 0) is 23.4 Å². The van der Waals surface area contributed by atoms with E-state index in [-0.39, 0.29) is 22.9 Å². The lowest BCUT2D eigenvalue weighted by molar-refractivity contribution is -0.137. The third-order valence-corrected chi connectivity index (χ3v) is 4.23. The Morgan fingerprint density at radius 1 is 0.967 bits per heavy atom. The van der Waals surface area contributed by atoms with Crippen molar-refractivity contribution >= 4 is 11.7 Å². The van der Waals surface area contributed by atoms with E-state index in [1.54, 1.807) is 48.5 Å². The van der Waals surface area contributed by atoms with E-state index in [2.05, 4.69) is 30.9 Å². The molecule has 2 aromatic heterocycles. The highest BCUT2D eigenvalue weighted by molar-refractivity contribution is 6.05. The summed E-state index contributed by atoms with van der Waals surface area (Å²) in [6.07, 6.45) is -4.76. The summed E-state index contributed by atoms with van der Waals surface area (Å²) in [6.45, 7) is 0. The minimum atomic E-state index is -4.76. The maximum atomic E-state index is 13.9. The zero-order valence-electron chi connectivity index (χ0n) is 15.2. The second kappa shape index (κ2) is 7.74. The van der Waals surface area contributed by atoms with Crippen molar-refractivity contribution in [2.24, 2.45) is 0 Å². The Labute approximate surface area is 168 Å². The van der Waals surface area contributed by atoms with E-state index in [4.69, 9.17) is 0 Å². The predicted molar refractivity (Wildman–Crippen MR) is 102 cm³/mol. The first kappa shape index (κ1) is 19.2. The first-order valence-electron chi connectivity index (χ1n) is 8.71. The van der Waals surface area contributed by atoms with Gasteiger partial charge in [0.05, 0.1) is 16.8 Å². The van der Waals surface area contributed by atoms with Crippen LogP contribution in [0, 0.1) is 0 Å². The molecule has 7 nitrogen and oxygen atoms in total. The number of aromatic amines is 1. The molecular formula is C20H13F3N6O. The molecule has 150 valence electrons. The molecule has 2 aromatic carbocycles. The Hall–Kier alpha value is -4.08. The zero-order valence-corrected chi connectivity index (χ0v) is 15.2. The van der Waals surface area contributed by atoms with Gasteiger partial charge in [0.1, 0.15) is 5.82 Å². The lowest BCUT2D eigenvalue weighted by atomic mass is 10.0. The van der Waals surface area contributed by atoms with E-state index in [1.165, 1.54) is 12.1 Å². The van der Waals surface area contributed by atoms with E-state index >= 15 is 0 Å². The second-order valence-corrected chi connectivity index (χ2v) is 6.20. The molecule has 0 atom stereocenters. The number of carbonyl (C=O) groups excluding carboxylic acids is 1. The highest BCUT2D eigenvalue weighted by Crippen LogP contribution is 2.41. The van der Waals surface area contributed by atoms with Crippen molar-refractivity contribution in [3.8, 4) is 22.6 Å². The number of tetrazole rings is 1. The van der Waals surface area contributed by atoms with Gasteiger partial charge in [-0.2, -0.15) is 18.4 Å². The number of rotatable bonds is 4. The van der Waals surface area contributed by atoms with E-state index in [0.29, 0.717) is 5.56 Å². The third kappa shape index (κ3) is 3.88. The largest absolute Gasteiger partial charge is 0.417 e. The minimum Gasteiger partial charge on any atom is -0.306 e. The Morgan fingerprint density at radius 2 is 1.63 bits per heavy atom. The maximum Gasteiger partial charge on any atom is 0.417 e. The monoisotopic (exact) mass is 410 g/mol. The highest BCUT2D eigenvalue weighted by atomic mass is 19.4. The van der Waals surface area contributed by atoms with E-state index in [9.17, 15) is 18.0 Å². The summed E-state index contributed by atoms with van der Waals surface area (Å²) in [5.41, 5.74) is -0.755. The Kier molecular flexibility index (Phi) is 4.97. The van der Waals surface area contributed by atoms with Gasteiger partial charge in [-0.15, -0.1) is 10.2 Å². The van der Waals surface area contributed by atoms with Crippen LogP contribution in [0.3, 0.4) is 0 Å². The first-order chi connectivity index (χ1) is 14.4. The number of anilines is 1. The third-order valence-electron chi connectivity index (χ3n) is 4.23. The van der Waals surface area contributed by atoms with E-state index in [0.717, 1.165) is 6.07 Å². The van der Waals surface area contributed by atoms with E-state index < -0.39 is 23.2 Å². The van der Waals surface area contributed by atoms with Crippen LogP contribution in [0.5, 0.6) is 0 Å². The Balaban J connectivity index is 1.92. The fourth-order valence-electron chi connectivity index (χ4n) is 2.88. The van der Waals surface area contributed by atoms with Crippen molar-refractivity contribution in [2.45, 2.75) is 6.18 Å². The molecule has 10 heteroatoms. The molecule has 0 saturated carbocycles. The SMILES string of the molecule is O=C(Nc1nc(-c2ccccc2)cc(C(F)(F)F)c1-c1nn[nH]n1)c1ccccc1. The molecule has 0 aliphatic heterocycles. The number of halogens is 3. The number of alkyl halides is 3. The zero-order chi connectivity index (χ0) is 21.1. The lowest BCUT2D eigenvalue weighted by Gasteiger charge is -2.17. The molecule has 0 aliphatic rings. The highest BCUT2D eigenvalue weighted by Gasteiger charge is 2.38. The quantitative estimate of drug-likeness (QED) is 0.526. The fourth-order valence-corrected chi connectivity index (χ4v) is 2.88. The number of pyridine rings is 1. The van der Waals surface area contributed by atoms with E-state index in [1.807, 2.05) is 0 Å². The van der Waals surface area contributed by atoms with Gasteiger partial charge in [-0.25, -0.2) is 4.98 Å². The van der Waals surface area contributed by atoms with Gasteiger partial charge in [-0.1, -0.05) is 48.5 Å². The molecule has 0 fully saturated rings. The van der Waals surface area contributed by atoms with Gasteiger partial charge < -0.3 is 5.32 Å². The van der Waals surface area contributed by atoms with Gasteiger partial charge in [0.2, 0.25) is 5.82 Å². The van der Waals surface area contributed by atoms with Crippen LogP contribution in [0.25, 0.3) is 22.6 Å².